The summed E-state index contributed by atoms with van der Waals surface area (Å²) in [7, 11) is 0. The fourth-order valence-electron chi connectivity index (χ4n) is 3.52. The lowest BCUT2D eigenvalue weighted by Gasteiger charge is -2.20. The van der Waals surface area contributed by atoms with Crippen molar-refractivity contribution in [1.82, 2.24) is 5.32 Å². The van der Waals surface area contributed by atoms with Gasteiger partial charge in [0.1, 0.15) is 11.9 Å². The van der Waals surface area contributed by atoms with Crippen LogP contribution in [0.5, 0.6) is 0 Å². The highest BCUT2D eigenvalue weighted by molar-refractivity contribution is 5.74. The standard InChI is InChI=1S/C20H22FNO2/c21-17-9-6-15(7-10-17)16-8-11-18(13-16)22-19(20(23)24)12-14-4-2-1-3-5-14/h1-7,9-10,16,18-19,22H,8,11-13H2,(H,23,24)/t16?,18?,19-/m1/s1. The maximum atomic E-state index is 13.0. The Bertz CT molecular complexity index is 672. The van der Waals surface area contributed by atoms with Crippen LogP contribution in [0.25, 0.3) is 0 Å². The summed E-state index contributed by atoms with van der Waals surface area (Å²) in [5.74, 6) is -0.668. The van der Waals surface area contributed by atoms with Crippen molar-refractivity contribution < 1.29 is 14.3 Å². The molecule has 1 aliphatic rings. The van der Waals surface area contributed by atoms with Crippen LogP contribution in [0.1, 0.15) is 36.3 Å². The number of hydrogen-bond acceptors (Lipinski definition) is 2. The van der Waals surface area contributed by atoms with Gasteiger partial charge >= 0.3 is 5.97 Å². The van der Waals surface area contributed by atoms with Crippen LogP contribution in [0, 0.1) is 5.82 Å². The van der Waals surface area contributed by atoms with Gasteiger partial charge in [-0.2, -0.15) is 0 Å². The van der Waals surface area contributed by atoms with Crippen molar-refractivity contribution in [2.75, 3.05) is 0 Å². The number of hydrogen-bond donors (Lipinski definition) is 2. The van der Waals surface area contributed by atoms with E-state index < -0.39 is 12.0 Å². The predicted molar refractivity (Wildman–Crippen MR) is 91.5 cm³/mol. The molecule has 3 atom stereocenters. The normalized spacial score (nSPS) is 21.5. The van der Waals surface area contributed by atoms with Gasteiger partial charge in [0, 0.05) is 6.04 Å². The molecule has 126 valence electrons. The molecule has 4 heteroatoms. The minimum absolute atomic E-state index is 0.185. The molecule has 2 aromatic carbocycles. The summed E-state index contributed by atoms with van der Waals surface area (Å²) in [5.41, 5.74) is 2.15. The molecule has 2 aromatic rings. The van der Waals surface area contributed by atoms with E-state index in [2.05, 4.69) is 5.32 Å². The zero-order valence-corrected chi connectivity index (χ0v) is 13.5. The van der Waals surface area contributed by atoms with E-state index in [1.165, 1.54) is 12.1 Å². The molecule has 0 radical (unpaired) electrons. The van der Waals surface area contributed by atoms with E-state index in [1.54, 1.807) is 0 Å². The van der Waals surface area contributed by atoms with Gasteiger partial charge in [0.25, 0.3) is 0 Å². The van der Waals surface area contributed by atoms with Crippen molar-refractivity contribution in [1.29, 1.82) is 0 Å². The molecule has 24 heavy (non-hydrogen) atoms. The summed E-state index contributed by atoms with van der Waals surface area (Å²) >= 11 is 0. The number of benzene rings is 2. The minimum atomic E-state index is -0.816. The third-order valence-corrected chi connectivity index (χ3v) is 4.79. The summed E-state index contributed by atoms with van der Waals surface area (Å²) in [6.07, 6.45) is 3.32. The number of carboxylic acids is 1. The average molecular weight is 327 g/mol. The first-order valence-corrected chi connectivity index (χ1v) is 8.40. The number of nitrogens with one attached hydrogen (secondary N) is 1. The second kappa shape index (κ2) is 7.58. The van der Waals surface area contributed by atoms with Gasteiger partial charge in [-0.05, 0) is 54.9 Å². The van der Waals surface area contributed by atoms with Crippen LogP contribution >= 0.6 is 0 Å². The lowest BCUT2D eigenvalue weighted by Crippen LogP contribution is -2.43. The topological polar surface area (TPSA) is 49.3 Å². The van der Waals surface area contributed by atoms with Crippen LogP contribution in [0.2, 0.25) is 0 Å². The van der Waals surface area contributed by atoms with Crippen molar-refractivity contribution in [3.8, 4) is 0 Å². The lowest BCUT2D eigenvalue weighted by atomic mass is 9.97. The van der Waals surface area contributed by atoms with Crippen LogP contribution in [0.3, 0.4) is 0 Å². The Kier molecular flexibility index (Phi) is 5.26. The van der Waals surface area contributed by atoms with Crippen molar-refractivity contribution in [2.24, 2.45) is 0 Å². The van der Waals surface area contributed by atoms with E-state index in [0.717, 1.165) is 30.4 Å². The van der Waals surface area contributed by atoms with Crippen molar-refractivity contribution in [3.05, 3.63) is 71.5 Å². The van der Waals surface area contributed by atoms with Gasteiger partial charge in [0.2, 0.25) is 0 Å². The molecule has 2 unspecified atom stereocenters. The predicted octanol–water partition coefficient (Wildman–Crippen LogP) is 3.75. The maximum Gasteiger partial charge on any atom is 0.321 e. The van der Waals surface area contributed by atoms with Crippen LogP contribution in [-0.4, -0.2) is 23.2 Å². The molecular formula is C20H22FNO2. The second-order valence-electron chi connectivity index (χ2n) is 6.51. The molecule has 1 fully saturated rings. The SMILES string of the molecule is O=C(O)[C@@H](Cc1ccccc1)NC1CCC(c2ccc(F)cc2)C1. The third kappa shape index (κ3) is 4.20. The Morgan fingerprint density at radius 1 is 1.12 bits per heavy atom. The van der Waals surface area contributed by atoms with Gasteiger partial charge in [-0.3, -0.25) is 4.79 Å². The summed E-state index contributed by atoms with van der Waals surface area (Å²) in [4.78, 5) is 11.6. The number of rotatable bonds is 6. The Balaban J connectivity index is 1.60. The molecule has 1 saturated carbocycles. The van der Waals surface area contributed by atoms with E-state index >= 15 is 0 Å². The molecule has 3 nitrogen and oxygen atoms in total. The van der Waals surface area contributed by atoms with Gasteiger partial charge in [-0.25, -0.2) is 4.39 Å². The summed E-state index contributed by atoms with van der Waals surface area (Å²) < 4.78 is 13.0. The van der Waals surface area contributed by atoms with E-state index in [9.17, 15) is 14.3 Å². The quantitative estimate of drug-likeness (QED) is 0.849. The monoisotopic (exact) mass is 327 g/mol. The van der Waals surface area contributed by atoms with Gasteiger partial charge in [-0.15, -0.1) is 0 Å². The molecular weight excluding hydrogens is 305 g/mol. The van der Waals surface area contributed by atoms with E-state index in [-0.39, 0.29) is 11.9 Å². The molecule has 3 rings (SSSR count). The molecule has 0 amide bonds. The smallest absolute Gasteiger partial charge is 0.321 e. The first kappa shape index (κ1) is 16.7. The highest BCUT2D eigenvalue weighted by Crippen LogP contribution is 2.34. The molecule has 0 heterocycles. The Hall–Kier alpha value is -2.20. The van der Waals surface area contributed by atoms with Gasteiger partial charge < -0.3 is 10.4 Å². The number of carboxylic acid groups (broad SMARTS) is 1. The largest absolute Gasteiger partial charge is 0.480 e. The molecule has 1 aliphatic carbocycles. The molecule has 0 spiro atoms. The van der Waals surface area contributed by atoms with Crippen molar-refractivity contribution in [2.45, 2.75) is 43.7 Å². The Morgan fingerprint density at radius 2 is 1.83 bits per heavy atom. The Labute approximate surface area is 141 Å². The van der Waals surface area contributed by atoms with Crippen LogP contribution < -0.4 is 5.32 Å². The van der Waals surface area contributed by atoms with Crippen molar-refractivity contribution >= 4 is 5.97 Å². The molecule has 0 aliphatic heterocycles. The van der Waals surface area contributed by atoms with Gasteiger partial charge in [-0.1, -0.05) is 42.5 Å². The summed E-state index contributed by atoms with van der Waals surface area (Å²) in [6.45, 7) is 0. The summed E-state index contributed by atoms with van der Waals surface area (Å²) in [5, 5.41) is 12.8. The number of halogens is 1. The first-order valence-electron chi connectivity index (χ1n) is 8.40. The number of aliphatic carboxylic acids is 1. The van der Waals surface area contributed by atoms with Gasteiger partial charge in [0.05, 0.1) is 0 Å². The summed E-state index contributed by atoms with van der Waals surface area (Å²) in [6, 6.07) is 15.9. The molecule has 2 N–H and O–H groups in total. The highest BCUT2D eigenvalue weighted by atomic mass is 19.1. The fraction of sp³-hybridized carbons (Fsp3) is 0.350. The van der Waals surface area contributed by atoms with E-state index in [0.29, 0.717) is 12.3 Å². The van der Waals surface area contributed by atoms with E-state index in [1.807, 2.05) is 42.5 Å². The first-order chi connectivity index (χ1) is 11.6. The number of carbonyl (C=O) groups is 1. The van der Waals surface area contributed by atoms with Gasteiger partial charge in [0.15, 0.2) is 0 Å². The van der Waals surface area contributed by atoms with E-state index in [4.69, 9.17) is 0 Å². The zero-order chi connectivity index (χ0) is 16.9. The van der Waals surface area contributed by atoms with Crippen molar-refractivity contribution in [3.63, 3.8) is 0 Å². The minimum Gasteiger partial charge on any atom is -0.480 e. The lowest BCUT2D eigenvalue weighted by molar-refractivity contribution is -0.139. The molecule has 0 saturated heterocycles. The zero-order valence-electron chi connectivity index (χ0n) is 13.5. The molecule has 0 bridgehead atoms. The maximum absolute atomic E-state index is 13.0. The van der Waals surface area contributed by atoms with Crippen LogP contribution in [-0.2, 0) is 11.2 Å². The van der Waals surface area contributed by atoms with Crippen LogP contribution in [0.15, 0.2) is 54.6 Å². The fourth-order valence-corrected chi connectivity index (χ4v) is 3.52. The average Bonchev–Trinajstić information content (AvgIpc) is 3.04. The second-order valence-corrected chi connectivity index (χ2v) is 6.51. The van der Waals surface area contributed by atoms with Crippen LogP contribution in [0.4, 0.5) is 4.39 Å². The third-order valence-electron chi connectivity index (χ3n) is 4.79. The molecule has 0 aromatic heterocycles. The Morgan fingerprint density at radius 3 is 2.50 bits per heavy atom. The highest BCUT2D eigenvalue weighted by Gasteiger charge is 2.29.